The van der Waals surface area contributed by atoms with Crippen molar-refractivity contribution in [1.29, 1.82) is 0 Å². The fourth-order valence-corrected chi connectivity index (χ4v) is 4.25. The smallest absolute Gasteiger partial charge is 0.0963 e. The Balaban J connectivity index is 1.57. The molecule has 1 aromatic carbocycles. The van der Waals surface area contributed by atoms with E-state index in [0.717, 1.165) is 18.7 Å². The van der Waals surface area contributed by atoms with Crippen LogP contribution < -0.4 is 4.90 Å². The quantitative estimate of drug-likeness (QED) is 0.155. The monoisotopic (exact) mass is 388 g/mol. The fraction of sp³-hybridized carbons (Fsp3) is 0.708. The molecular weight excluding hydrogens is 346 g/mol. The molecule has 1 heterocycles. The molecular formula is C24H42N3O+. The van der Waals surface area contributed by atoms with Crippen LogP contribution in [0.5, 0.6) is 0 Å². The Hall–Kier alpha value is -1.55. The molecule has 1 aromatic rings. The van der Waals surface area contributed by atoms with Crippen LogP contribution in [-0.2, 0) is 0 Å². The Bertz CT molecular complexity index is 547. The second-order valence-corrected chi connectivity index (χ2v) is 8.80. The van der Waals surface area contributed by atoms with Gasteiger partial charge in [0.1, 0.15) is 0 Å². The van der Waals surface area contributed by atoms with Crippen LogP contribution in [0, 0.1) is 0 Å². The highest BCUT2D eigenvalue weighted by molar-refractivity contribution is 5.79. The van der Waals surface area contributed by atoms with Crippen molar-refractivity contribution < 1.29 is 9.69 Å². The van der Waals surface area contributed by atoms with Crippen molar-refractivity contribution in [1.82, 2.24) is 0 Å². The van der Waals surface area contributed by atoms with Gasteiger partial charge < -0.3 is 14.6 Å². The molecule has 0 bridgehead atoms. The zero-order valence-electron chi connectivity index (χ0n) is 18.3. The van der Waals surface area contributed by atoms with Crippen LogP contribution in [0.4, 0.5) is 5.69 Å². The maximum atomic E-state index is 8.62. The highest BCUT2D eigenvalue weighted by atomic mass is 16.4. The molecule has 0 unspecified atom stereocenters. The van der Waals surface area contributed by atoms with E-state index in [2.05, 4.69) is 36.2 Å². The van der Waals surface area contributed by atoms with E-state index in [1.54, 1.807) is 0 Å². The lowest BCUT2D eigenvalue weighted by atomic mass is 10.1. The lowest BCUT2D eigenvalue weighted by Crippen LogP contribution is -2.57. The molecule has 1 aliphatic rings. The number of likely N-dealkylation sites (N-methyl/N-ethyl adjacent to an activating group) is 1. The molecule has 1 aliphatic heterocycles. The van der Waals surface area contributed by atoms with Crippen molar-refractivity contribution in [3.05, 3.63) is 29.8 Å². The average molecular weight is 389 g/mol. The first-order valence-electron chi connectivity index (χ1n) is 11.5. The van der Waals surface area contributed by atoms with Crippen LogP contribution >= 0.6 is 0 Å². The lowest BCUT2D eigenvalue weighted by molar-refractivity contribution is -0.910. The predicted molar refractivity (Wildman–Crippen MR) is 121 cm³/mol. The second kappa shape index (κ2) is 12.8. The number of anilines is 1. The normalized spacial score (nSPS) is 16.7. The highest BCUT2D eigenvalue weighted by Gasteiger charge is 2.28. The minimum absolute atomic E-state index is 0.935. The van der Waals surface area contributed by atoms with Crippen LogP contribution in [0.1, 0.15) is 76.7 Å². The zero-order valence-corrected chi connectivity index (χ0v) is 18.3. The van der Waals surface area contributed by atoms with Gasteiger partial charge in [-0.3, -0.25) is 0 Å². The van der Waals surface area contributed by atoms with Gasteiger partial charge in [0.15, 0.2) is 0 Å². The van der Waals surface area contributed by atoms with E-state index in [1.807, 2.05) is 12.1 Å². The lowest BCUT2D eigenvalue weighted by Gasteiger charge is -2.43. The summed E-state index contributed by atoms with van der Waals surface area (Å²) in [4.78, 5) is 2.48. The number of nitrogens with zero attached hydrogens (tertiary/aromatic N) is 3. The Morgan fingerprint density at radius 2 is 1.43 bits per heavy atom. The summed E-state index contributed by atoms with van der Waals surface area (Å²) in [5.41, 5.74) is 2.21. The first-order chi connectivity index (χ1) is 13.7. The van der Waals surface area contributed by atoms with Gasteiger partial charge in [0.05, 0.1) is 46.0 Å². The van der Waals surface area contributed by atoms with E-state index < -0.39 is 0 Å². The summed E-state index contributed by atoms with van der Waals surface area (Å²) >= 11 is 0. The molecule has 0 spiro atoms. The molecule has 0 aromatic heterocycles. The number of unbranched alkanes of at least 4 members (excludes halogenated alkanes) is 9. The van der Waals surface area contributed by atoms with Gasteiger partial charge in [-0.25, -0.2) is 0 Å². The number of hydrogen-bond donors (Lipinski definition) is 1. The third-order valence-corrected chi connectivity index (χ3v) is 6.34. The van der Waals surface area contributed by atoms with Gasteiger partial charge >= 0.3 is 0 Å². The first kappa shape index (κ1) is 22.7. The van der Waals surface area contributed by atoms with E-state index in [9.17, 15) is 0 Å². The van der Waals surface area contributed by atoms with Gasteiger partial charge in [0.25, 0.3) is 0 Å². The zero-order chi connectivity index (χ0) is 20.1. The van der Waals surface area contributed by atoms with Crippen LogP contribution in [0.15, 0.2) is 29.4 Å². The maximum absolute atomic E-state index is 8.62. The Morgan fingerprint density at radius 3 is 1.96 bits per heavy atom. The molecule has 4 heteroatoms. The van der Waals surface area contributed by atoms with Crippen LogP contribution in [0.2, 0.25) is 0 Å². The highest BCUT2D eigenvalue weighted by Crippen LogP contribution is 2.20. The number of oxime groups is 1. The second-order valence-electron chi connectivity index (χ2n) is 8.80. The molecule has 1 fully saturated rings. The van der Waals surface area contributed by atoms with Crippen LogP contribution in [-0.4, -0.2) is 55.7 Å². The summed E-state index contributed by atoms with van der Waals surface area (Å²) in [6.07, 6.45) is 15.6. The fourth-order valence-electron chi connectivity index (χ4n) is 4.25. The molecule has 0 atom stereocenters. The molecule has 0 saturated carbocycles. The van der Waals surface area contributed by atoms with Crippen LogP contribution in [0.3, 0.4) is 0 Å². The van der Waals surface area contributed by atoms with Crippen molar-refractivity contribution in [2.24, 2.45) is 5.16 Å². The summed E-state index contributed by atoms with van der Waals surface area (Å²) in [6, 6.07) is 8.30. The van der Waals surface area contributed by atoms with Gasteiger partial charge in [-0.05, 0) is 30.5 Å². The Labute approximate surface area is 172 Å². The van der Waals surface area contributed by atoms with E-state index in [4.69, 9.17) is 5.21 Å². The van der Waals surface area contributed by atoms with Gasteiger partial charge in [0.2, 0.25) is 0 Å². The van der Waals surface area contributed by atoms with E-state index in [1.165, 1.54) is 100 Å². The Kier molecular flexibility index (Phi) is 10.4. The maximum Gasteiger partial charge on any atom is 0.0963 e. The predicted octanol–water partition coefficient (Wildman–Crippen LogP) is 5.68. The van der Waals surface area contributed by atoms with Crippen molar-refractivity contribution >= 4 is 11.9 Å². The third kappa shape index (κ3) is 8.22. The Morgan fingerprint density at radius 1 is 0.893 bits per heavy atom. The summed E-state index contributed by atoms with van der Waals surface area (Å²) in [5.74, 6) is 0. The molecule has 2 rings (SSSR count). The minimum Gasteiger partial charge on any atom is -0.411 e. The summed E-state index contributed by atoms with van der Waals surface area (Å²) in [6.45, 7) is 8.34. The van der Waals surface area contributed by atoms with E-state index >= 15 is 0 Å². The number of benzene rings is 1. The molecule has 0 amide bonds. The molecule has 4 nitrogen and oxygen atoms in total. The van der Waals surface area contributed by atoms with Gasteiger partial charge in [0, 0.05) is 5.69 Å². The largest absolute Gasteiger partial charge is 0.411 e. The van der Waals surface area contributed by atoms with Crippen molar-refractivity contribution in [3.63, 3.8) is 0 Å². The van der Waals surface area contributed by atoms with E-state index in [0.29, 0.717) is 0 Å². The van der Waals surface area contributed by atoms with Crippen molar-refractivity contribution in [2.75, 3.05) is 44.7 Å². The molecule has 1 N–H and O–H groups in total. The van der Waals surface area contributed by atoms with Gasteiger partial charge in [-0.15, -0.1) is 0 Å². The summed E-state index contributed by atoms with van der Waals surface area (Å²) in [5, 5.41) is 11.7. The van der Waals surface area contributed by atoms with Gasteiger partial charge in [-0.1, -0.05) is 75.6 Å². The molecule has 1 saturated heterocycles. The third-order valence-electron chi connectivity index (χ3n) is 6.34. The number of rotatable bonds is 13. The number of quaternary nitrogens is 1. The summed E-state index contributed by atoms with van der Waals surface area (Å²) < 4.78 is 1.22. The standard InChI is InChI=1S/C24H41N3O/c1-3-4-5-6-7-8-9-10-11-12-19-27(2)20-17-26(18-21-27)24-15-13-23(14-16-24)22-25-28/h13-16,22H,3-12,17-21H2,1-2H3/p+1/b25-22+. The molecule has 28 heavy (non-hydrogen) atoms. The SMILES string of the molecule is CCCCCCCCCCCC[N+]1(C)CCN(c2ccc(/C=N/O)cc2)CC1. The van der Waals surface area contributed by atoms with Gasteiger partial charge in [-0.2, -0.15) is 0 Å². The average Bonchev–Trinajstić information content (AvgIpc) is 2.71. The first-order valence-corrected chi connectivity index (χ1v) is 11.5. The summed E-state index contributed by atoms with van der Waals surface area (Å²) in [7, 11) is 2.44. The number of piperazine rings is 1. The van der Waals surface area contributed by atoms with E-state index in [-0.39, 0.29) is 0 Å². The molecule has 0 aliphatic carbocycles. The number of hydrogen-bond acceptors (Lipinski definition) is 3. The minimum atomic E-state index is 0.935. The topological polar surface area (TPSA) is 35.8 Å². The van der Waals surface area contributed by atoms with Crippen LogP contribution in [0.25, 0.3) is 0 Å². The molecule has 0 radical (unpaired) electrons. The van der Waals surface area contributed by atoms with Crippen molar-refractivity contribution in [3.8, 4) is 0 Å². The molecule has 158 valence electrons. The van der Waals surface area contributed by atoms with Crippen molar-refractivity contribution in [2.45, 2.75) is 71.1 Å².